The Bertz CT molecular complexity index is 734. The predicted molar refractivity (Wildman–Crippen MR) is 85.4 cm³/mol. The average Bonchev–Trinajstić information content (AvgIpc) is 3.02. The van der Waals surface area contributed by atoms with Crippen LogP contribution in [0.4, 0.5) is 0 Å². The van der Waals surface area contributed by atoms with Gasteiger partial charge in [-0.1, -0.05) is 18.2 Å². The van der Waals surface area contributed by atoms with Crippen molar-refractivity contribution in [2.75, 3.05) is 0 Å². The Kier molecular flexibility index (Phi) is 5.30. The number of hydrogen-bond acceptors (Lipinski definition) is 4. The topological polar surface area (TPSA) is 81.4 Å². The molecule has 0 aliphatic rings. The molecule has 0 bridgehead atoms. The summed E-state index contributed by atoms with van der Waals surface area (Å²) < 4.78 is 6.98. The average molecular weight is 314 g/mol. The Morgan fingerprint density at radius 2 is 2.22 bits per heavy atom. The largest absolute Gasteiger partial charge is 0.479 e. The highest BCUT2D eigenvalue weighted by Crippen LogP contribution is 2.16. The molecule has 0 spiro atoms. The summed E-state index contributed by atoms with van der Waals surface area (Å²) in [5.41, 5.74) is 1.27. The van der Waals surface area contributed by atoms with E-state index in [9.17, 15) is 9.59 Å². The van der Waals surface area contributed by atoms with Crippen LogP contribution in [0.15, 0.2) is 42.7 Å². The number of rotatable bonds is 7. The molecule has 0 saturated heterocycles. The molecule has 6 nitrogen and oxygen atoms in total. The number of carboxylic acid groups (broad SMARTS) is 1. The number of ether oxygens (including phenoxy) is 1. The molecule has 0 aliphatic carbocycles. The van der Waals surface area contributed by atoms with Gasteiger partial charge in [-0.3, -0.25) is 9.48 Å². The first-order valence-electron chi connectivity index (χ1n) is 7.24. The van der Waals surface area contributed by atoms with Gasteiger partial charge in [-0.25, -0.2) is 4.79 Å². The maximum atomic E-state index is 12.1. The van der Waals surface area contributed by atoms with Crippen LogP contribution >= 0.6 is 0 Å². The number of allylic oxidation sites excluding steroid dienone is 1. The molecule has 0 aliphatic heterocycles. The van der Waals surface area contributed by atoms with E-state index in [1.807, 2.05) is 6.92 Å². The van der Waals surface area contributed by atoms with Crippen molar-refractivity contribution in [3.63, 3.8) is 0 Å². The van der Waals surface area contributed by atoms with Crippen LogP contribution in [0.25, 0.3) is 6.08 Å². The van der Waals surface area contributed by atoms with E-state index in [4.69, 9.17) is 9.84 Å². The van der Waals surface area contributed by atoms with Crippen molar-refractivity contribution in [3.05, 3.63) is 53.9 Å². The molecule has 1 atom stereocenters. The van der Waals surface area contributed by atoms with E-state index >= 15 is 0 Å². The fourth-order valence-electron chi connectivity index (χ4n) is 1.88. The molecule has 0 amide bonds. The minimum atomic E-state index is -1.03. The van der Waals surface area contributed by atoms with E-state index in [1.165, 1.54) is 19.2 Å². The monoisotopic (exact) mass is 314 g/mol. The number of hydrogen-bond donors (Lipinski definition) is 1. The molecule has 0 radical (unpaired) electrons. The molecule has 2 rings (SSSR count). The van der Waals surface area contributed by atoms with Crippen LogP contribution in [0, 0.1) is 0 Å². The lowest BCUT2D eigenvalue weighted by molar-refractivity contribution is -0.144. The summed E-state index contributed by atoms with van der Waals surface area (Å²) in [5, 5.41) is 12.9. The second kappa shape index (κ2) is 7.40. The first-order chi connectivity index (χ1) is 11.0. The summed E-state index contributed by atoms with van der Waals surface area (Å²) >= 11 is 0. The van der Waals surface area contributed by atoms with Gasteiger partial charge in [-0.05, 0) is 37.6 Å². The van der Waals surface area contributed by atoms with E-state index < -0.39 is 12.1 Å². The van der Waals surface area contributed by atoms with Crippen LogP contribution in [0.2, 0.25) is 0 Å². The highest BCUT2D eigenvalue weighted by atomic mass is 16.5. The number of carboxylic acids is 1. The van der Waals surface area contributed by atoms with E-state index in [0.717, 1.165) is 5.56 Å². The molecule has 120 valence electrons. The van der Waals surface area contributed by atoms with Crippen LogP contribution in [0.1, 0.15) is 29.8 Å². The summed E-state index contributed by atoms with van der Waals surface area (Å²) in [4.78, 5) is 22.8. The zero-order valence-electron chi connectivity index (χ0n) is 13.0. The van der Waals surface area contributed by atoms with E-state index in [2.05, 4.69) is 5.10 Å². The number of aliphatic carboxylic acids is 1. The summed E-state index contributed by atoms with van der Waals surface area (Å²) in [6, 6.07) is 6.89. The summed E-state index contributed by atoms with van der Waals surface area (Å²) in [7, 11) is 0. The van der Waals surface area contributed by atoms with Gasteiger partial charge in [0, 0.05) is 12.7 Å². The third kappa shape index (κ3) is 4.54. The van der Waals surface area contributed by atoms with E-state index in [1.54, 1.807) is 41.2 Å². The summed E-state index contributed by atoms with van der Waals surface area (Å²) in [5.74, 6) is -0.739. The molecule has 23 heavy (non-hydrogen) atoms. The fourth-order valence-corrected chi connectivity index (χ4v) is 1.88. The molecular formula is C17H18N2O4. The second-order valence-corrected chi connectivity index (χ2v) is 4.95. The van der Waals surface area contributed by atoms with Gasteiger partial charge in [0.05, 0.1) is 11.8 Å². The maximum Gasteiger partial charge on any atom is 0.344 e. The standard InChI is InChI=1S/C17H18N2O4/c1-3-19-11-14(10-18-19)16(20)8-7-13-5-4-6-15(9-13)23-12(2)17(21)22/h4-12H,3H2,1-2H3,(H,21,22)/b8-7+/t12-/m1/s1. The number of aromatic nitrogens is 2. The number of benzene rings is 1. The van der Waals surface area contributed by atoms with Gasteiger partial charge in [-0.2, -0.15) is 5.10 Å². The normalized spacial score (nSPS) is 12.3. The van der Waals surface area contributed by atoms with Crippen molar-refractivity contribution in [3.8, 4) is 5.75 Å². The predicted octanol–water partition coefficient (Wildman–Crippen LogP) is 2.65. The third-order valence-electron chi connectivity index (χ3n) is 3.19. The maximum absolute atomic E-state index is 12.1. The quantitative estimate of drug-likeness (QED) is 0.627. The molecule has 1 heterocycles. The molecule has 1 aromatic carbocycles. The lowest BCUT2D eigenvalue weighted by Crippen LogP contribution is -2.22. The molecule has 1 aromatic heterocycles. The van der Waals surface area contributed by atoms with Gasteiger partial charge in [0.25, 0.3) is 0 Å². The number of ketones is 1. The fraction of sp³-hybridized carbons (Fsp3) is 0.235. The van der Waals surface area contributed by atoms with Gasteiger partial charge >= 0.3 is 5.97 Å². The Morgan fingerprint density at radius 3 is 2.87 bits per heavy atom. The third-order valence-corrected chi connectivity index (χ3v) is 3.19. The van der Waals surface area contributed by atoms with Crippen LogP contribution in [0.5, 0.6) is 5.75 Å². The van der Waals surface area contributed by atoms with Gasteiger partial charge in [-0.15, -0.1) is 0 Å². The molecule has 6 heteroatoms. The zero-order chi connectivity index (χ0) is 16.8. The first-order valence-corrected chi connectivity index (χ1v) is 7.24. The van der Waals surface area contributed by atoms with Gasteiger partial charge in [0.2, 0.25) is 0 Å². The van der Waals surface area contributed by atoms with Gasteiger partial charge in [0.1, 0.15) is 5.75 Å². The highest BCUT2D eigenvalue weighted by molar-refractivity contribution is 6.06. The number of nitrogens with zero attached hydrogens (tertiary/aromatic N) is 2. The SMILES string of the molecule is CCn1cc(C(=O)/C=C/c2cccc(O[C@H](C)C(=O)O)c2)cn1. The van der Waals surface area contributed by atoms with Crippen molar-refractivity contribution < 1.29 is 19.4 Å². The number of carbonyl (C=O) groups is 2. The Morgan fingerprint density at radius 1 is 1.43 bits per heavy atom. The van der Waals surface area contributed by atoms with E-state index in [0.29, 0.717) is 17.9 Å². The second-order valence-electron chi connectivity index (χ2n) is 4.95. The number of carbonyl (C=O) groups excluding carboxylic acids is 1. The highest BCUT2D eigenvalue weighted by Gasteiger charge is 2.12. The Balaban J connectivity index is 2.07. The van der Waals surface area contributed by atoms with Crippen LogP contribution < -0.4 is 4.74 Å². The van der Waals surface area contributed by atoms with Gasteiger partial charge in [0.15, 0.2) is 11.9 Å². The molecule has 0 saturated carbocycles. The van der Waals surface area contributed by atoms with Crippen molar-refractivity contribution in [2.45, 2.75) is 26.5 Å². The van der Waals surface area contributed by atoms with E-state index in [-0.39, 0.29) is 5.78 Å². The minimum Gasteiger partial charge on any atom is -0.479 e. The van der Waals surface area contributed by atoms with Gasteiger partial charge < -0.3 is 9.84 Å². The smallest absolute Gasteiger partial charge is 0.344 e. The lowest BCUT2D eigenvalue weighted by Gasteiger charge is -2.10. The van der Waals surface area contributed by atoms with Crippen LogP contribution in [-0.4, -0.2) is 32.7 Å². The summed E-state index contributed by atoms with van der Waals surface area (Å²) in [6.45, 7) is 4.11. The van der Waals surface area contributed by atoms with Crippen LogP contribution in [0.3, 0.4) is 0 Å². The number of aryl methyl sites for hydroxylation is 1. The van der Waals surface area contributed by atoms with Crippen molar-refractivity contribution in [1.29, 1.82) is 0 Å². The Labute approximate surface area is 134 Å². The van der Waals surface area contributed by atoms with Crippen molar-refractivity contribution >= 4 is 17.8 Å². The molecule has 0 unspecified atom stereocenters. The zero-order valence-corrected chi connectivity index (χ0v) is 13.0. The minimum absolute atomic E-state index is 0.144. The molecule has 1 N–H and O–H groups in total. The van der Waals surface area contributed by atoms with Crippen LogP contribution in [-0.2, 0) is 11.3 Å². The lowest BCUT2D eigenvalue weighted by atomic mass is 10.1. The molecule has 2 aromatic rings. The molecular weight excluding hydrogens is 296 g/mol. The van der Waals surface area contributed by atoms with Crippen molar-refractivity contribution in [1.82, 2.24) is 9.78 Å². The van der Waals surface area contributed by atoms with Crippen molar-refractivity contribution in [2.24, 2.45) is 0 Å². The molecule has 0 fully saturated rings. The first kappa shape index (κ1) is 16.5. The Hall–Kier alpha value is -2.89. The summed E-state index contributed by atoms with van der Waals surface area (Å²) in [6.07, 6.45) is 5.40.